The number of allylic oxidation sites excluding steroid dienone is 1. The van der Waals surface area contributed by atoms with Crippen molar-refractivity contribution in [1.29, 1.82) is 0 Å². The van der Waals surface area contributed by atoms with Crippen LogP contribution in [-0.2, 0) is 19.1 Å². The molecule has 1 aliphatic rings. The predicted octanol–water partition coefficient (Wildman–Crippen LogP) is 3.49. The number of nitrogens with zero attached hydrogens (tertiary/aromatic N) is 1. The molecule has 0 aliphatic carbocycles. The largest absolute Gasteiger partial charge is 0.464 e. The molecule has 0 saturated carbocycles. The molecular formula is C25H36N2O5. The van der Waals surface area contributed by atoms with Gasteiger partial charge < -0.3 is 14.8 Å². The maximum atomic E-state index is 13.2. The molecule has 0 aromatic heterocycles. The normalized spacial score (nSPS) is 19.3. The molecule has 1 heterocycles. The Morgan fingerprint density at radius 3 is 2.16 bits per heavy atom. The summed E-state index contributed by atoms with van der Waals surface area (Å²) < 4.78 is 10.7. The minimum atomic E-state index is -1.17. The first kappa shape index (κ1) is 25.6. The van der Waals surface area contributed by atoms with Crippen LogP contribution in [0.15, 0.2) is 42.5 Å². The molecule has 2 rings (SSSR count). The highest BCUT2D eigenvalue weighted by atomic mass is 16.5. The van der Waals surface area contributed by atoms with Gasteiger partial charge in [-0.3, -0.25) is 9.69 Å². The third kappa shape index (κ3) is 5.97. The van der Waals surface area contributed by atoms with Gasteiger partial charge in [-0.2, -0.15) is 0 Å². The smallest absolute Gasteiger partial charge is 0.331 e. The van der Waals surface area contributed by atoms with Crippen molar-refractivity contribution in [3.63, 3.8) is 0 Å². The Labute approximate surface area is 191 Å². The Kier molecular flexibility index (Phi) is 8.24. The molecule has 1 saturated heterocycles. The molecule has 0 radical (unpaired) electrons. The average molecular weight is 445 g/mol. The fourth-order valence-corrected chi connectivity index (χ4v) is 5.01. The van der Waals surface area contributed by atoms with Gasteiger partial charge in [0, 0.05) is 29.3 Å². The van der Waals surface area contributed by atoms with Crippen LogP contribution in [0, 0.1) is 0 Å². The van der Waals surface area contributed by atoms with Gasteiger partial charge in [-0.1, -0.05) is 24.3 Å². The highest BCUT2D eigenvalue weighted by Gasteiger charge is 2.57. The van der Waals surface area contributed by atoms with Gasteiger partial charge in [0.2, 0.25) is 0 Å². The Hall–Kier alpha value is -2.67. The van der Waals surface area contributed by atoms with E-state index in [4.69, 9.17) is 9.47 Å². The number of benzene rings is 1. The molecule has 1 aromatic rings. The van der Waals surface area contributed by atoms with Crippen molar-refractivity contribution in [2.75, 3.05) is 19.8 Å². The highest BCUT2D eigenvalue weighted by Crippen LogP contribution is 2.44. The number of hydrogen-bond acceptors (Lipinski definition) is 6. The monoisotopic (exact) mass is 444 g/mol. The second-order valence-corrected chi connectivity index (χ2v) is 9.42. The third-order valence-electron chi connectivity index (χ3n) is 5.85. The van der Waals surface area contributed by atoms with Crippen LogP contribution in [0.3, 0.4) is 0 Å². The van der Waals surface area contributed by atoms with E-state index in [0.717, 1.165) is 0 Å². The Balaban J connectivity index is 2.30. The van der Waals surface area contributed by atoms with E-state index in [9.17, 15) is 14.4 Å². The number of hydrogen-bond donors (Lipinski definition) is 1. The number of ether oxygens (including phenoxy) is 2. The van der Waals surface area contributed by atoms with Gasteiger partial charge in [-0.25, -0.2) is 9.59 Å². The van der Waals surface area contributed by atoms with Gasteiger partial charge in [0.25, 0.3) is 5.91 Å². The quantitative estimate of drug-likeness (QED) is 0.488. The first-order valence-corrected chi connectivity index (χ1v) is 11.1. The molecule has 7 nitrogen and oxygen atoms in total. The predicted molar refractivity (Wildman–Crippen MR) is 123 cm³/mol. The van der Waals surface area contributed by atoms with Crippen molar-refractivity contribution >= 4 is 17.8 Å². The fraction of sp³-hybridized carbons (Fsp3) is 0.560. The van der Waals surface area contributed by atoms with Crippen molar-refractivity contribution in [2.24, 2.45) is 0 Å². The third-order valence-corrected chi connectivity index (χ3v) is 5.85. The molecule has 0 atom stereocenters. The summed E-state index contributed by atoms with van der Waals surface area (Å²) in [6.45, 7) is 12.6. The molecule has 1 fully saturated rings. The Bertz CT molecular complexity index is 827. The lowest BCUT2D eigenvalue weighted by Crippen LogP contribution is -2.72. The maximum Gasteiger partial charge on any atom is 0.331 e. The van der Waals surface area contributed by atoms with E-state index < -0.39 is 22.6 Å². The fourth-order valence-electron chi connectivity index (χ4n) is 5.01. The second-order valence-electron chi connectivity index (χ2n) is 9.42. The van der Waals surface area contributed by atoms with E-state index >= 15 is 0 Å². The van der Waals surface area contributed by atoms with Crippen LogP contribution < -0.4 is 5.32 Å². The lowest BCUT2D eigenvalue weighted by molar-refractivity contribution is -0.162. The van der Waals surface area contributed by atoms with Crippen molar-refractivity contribution < 1.29 is 23.9 Å². The first-order valence-electron chi connectivity index (χ1n) is 11.1. The Morgan fingerprint density at radius 2 is 1.62 bits per heavy atom. The van der Waals surface area contributed by atoms with Crippen LogP contribution in [0.5, 0.6) is 0 Å². The minimum absolute atomic E-state index is 0.229. The highest BCUT2D eigenvalue weighted by molar-refractivity contribution is 5.98. The molecule has 1 aromatic carbocycles. The molecule has 0 bridgehead atoms. The van der Waals surface area contributed by atoms with Crippen LogP contribution in [0.4, 0.5) is 0 Å². The zero-order valence-corrected chi connectivity index (χ0v) is 20.1. The van der Waals surface area contributed by atoms with E-state index in [1.807, 2.05) is 33.8 Å². The summed E-state index contributed by atoms with van der Waals surface area (Å²) in [7, 11) is 0. The zero-order chi connectivity index (χ0) is 24.0. The number of amides is 1. The lowest BCUT2D eigenvalue weighted by atomic mass is 9.68. The number of piperidine rings is 1. The van der Waals surface area contributed by atoms with Gasteiger partial charge in [0.15, 0.2) is 0 Å². The lowest BCUT2D eigenvalue weighted by Gasteiger charge is -2.58. The molecule has 0 spiro atoms. The van der Waals surface area contributed by atoms with E-state index in [1.165, 1.54) is 6.08 Å². The summed E-state index contributed by atoms with van der Waals surface area (Å²) >= 11 is 0. The van der Waals surface area contributed by atoms with Gasteiger partial charge in [0.05, 0.1) is 6.61 Å². The van der Waals surface area contributed by atoms with Crippen LogP contribution in [0.1, 0.15) is 64.7 Å². The van der Waals surface area contributed by atoms with Crippen LogP contribution in [0.2, 0.25) is 0 Å². The second kappa shape index (κ2) is 10.3. The minimum Gasteiger partial charge on any atom is -0.464 e. The summed E-state index contributed by atoms with van der Waals surface area (Å²) in [5.74, 6) is -1.11. The van der Waals surface area contributed by atoms with Gasteiger partial charge in [0.1, 0.15) is 12.1 Å². The van der Waals surface area contributed by atoms with Crippen molar-refractivity contribution in [3.8, 4) is 0 Å². The summed E-state index contributed by atoms with van der Waals surface area (Å²) in [5.41, 5.74) is -1.64. The van der Waals surface area contributed by atoms with Gasteiger partial charge >= 0.3 is 11.9 Å². The molecule has 0 unspecified atom stereocenters. The zero-order valence-electron chi connectivity index (χ0n) is 20.1. The van der Waals surface area contributed by atoms with Crippen molar-refractivity contribution in [2.45, 2.75) is 71.0 Å². The standard InChI is InChI=1S/C25H36N2O5/c1-7-12-20(28)32-16-15-27-23(3,4)17-25(18-24(27,5)6,22(30)31-8-2)26-21(29)19-13-10-9-11-14-19/h7,9-14H,8,15-18H2,1-6H3,(H,26,29). The maximum absolute atomic E-state index is 13.2. The van der Waals surface area contributed by atoms with E-state index in [1.54, 1.807) is 44.2 Å². The summed E-state index contributed by atoms with van der Waals surface area (Å²) in [6.07, 6.45) is 3.75. The van der Waals surface area contributed by atoms with Crippen LogP contribution in [-0.4, -0.2) is 59.1 Å². The van der Waals surface area contributed by atoms with E-state index in [-0.39, 0.29) is 25.1 Å². The first-order chi connectivity index (χ1) is 15.0. The molecule has 1 aliphatic heterocycles. The number of rotatable bonds is 8. The average Bonchev–Trinajstić information content (AvgIpc) is 2.70. The summed E-state index contributed by atoms with van der Waals surface area (Å²) in [4.78, 5) is 40.2. The molecule has 32 heavy (non-hydrogen) atoms. The van der Waals surface area contributed by atoms with E-state index in [0.29, 0.717) is 24.9 Å². The molecule has 1 amide bonds. The van der Waals surface area contributed by atoms with Crippen LogP contribution >= 0.6 is 0 Å². The van der Waals surface area contributed by atoms with Crippen LogP contribution in [0.25, 0.3) is 0 Å². The van der Waals surface area contributed by atoms with E-state index in [2.05, 4.69) is 10.2 Å². The van der Waals surface area contributed by atoms with Crippen molar-refractivity contribution in [3.05, 3.63) is 48.0 Å². The topological polar surface area (TPSA) is 84.9 Å². The molecular weight excluding hydrogens is 408 g/mol. The Morgan fingerprint density at radius 1 is 1.03 bits per heavy atom. The molecule has 1 N–H and O–H groups in total. The molecule has 176 valence electrons. The summed E-state index contributed by atoms with van der Waals surface area (Å²) in [6, 6.07) is 8.86. The van der Waals surface area contributed by atoms with Gasteiger partial charge in [-0.15, -0.1) is 0 Å². The number of carbonyl (C=O) groups is 3. The summed E-state index contributed by atoms with van der Waals surface area (Å²) in [5, 5.41) is 3.02. The number of nitrogens with one attached hydrogen (secondary N) is 1. The van der Waals surface area contributed by atoms with Crippen molar-refractivity contribution in [1.82, 2.24) is 10.2 Å². The number of likely N-dealkylation sites (tertiary alicyclic amines) is 1. The van der Waals surface area contributed by atoms with Gasteiger partial charge in [-0.05, 0) is 66.5 Å². The number of esters is 2. The SMILES string of the molecule is CC=CC(=O)OCCN1C(C)(C)CC(NC(=O)c2ccccc2)(C(=O)OCC)CC1(C)C. The molecule has 7 heteroatoms. The number of carbonyl (C=O) groups excluding carboxylic acids is 3.